The summed E-state index contributed by atoms with van der Waals surface area (Å²) in [5.74, 6) is -2.43. The molecule has 3 nitrogen and oxygen atoms in total. The predicted octanol–water partition coefficient (Wildman–Crippen LogP) is 5.12. The lowest BCUT2D eigenvalue weighted by molar-refractivity contribution is -0.134. The molecule has 0 bridgehead atoms. The van der Waals surface area contributed by atoms with Crippen molar-refractivity contribution in [2.75, 3.05) is 0 Å². The van der Waals surface area contributed by atoms with Crippen molar-refractivity contribution in [3.8, 4) is 5.75 Å². The van der Waals surface area contributed by atoms with Gasteiger partial charge >= 0.3 is 5.97 Å². The summed E-state index contributed by atoms with van der Waals surface area (Å²) in [4.78, 5) is 24.2. The van der Waals surface area contributed by atoms with Gasteiger partial charge in [-0.3, -0.25) is 9.59 Å². The van der Waals surface area contributed by atoms with Crippen LogP contribution in [0.3, 0.4) is 0 Å². The van der Waals surface area contributed by atoms with Gasteiger partial charge in [0.15, 0.2) is 5.78 Å². The Kier molecular flexibility index (Phi) is 6.27. The smallest absolute Gasteiger partial charge is 0.311 e. The van der Waals surface area contributed by atoms with E-state index in [4.69, 9.17) is 4.74 Å². The summed E-state index contributed by atoms with van der Waals surface area (Å²) >= 11 is 0. The van der Waals surface area contributed by atoms with Gasteiger partial charge in [0.25, 0.3) is 0 Å². The molecule has 5 heteroatoms. The largest absolute Gasteiger partial charge is 0.426 e. The van der Waals surface area contributed by atoms with E-state index < -0.39 is 23.4 Å². The van der Waals surface area contributed by atoms with Crippen molar-refractivity contribution in [2.24, 2.45) is 0 Å². The zero-order chi connectivity index (χ0) is 19.9. The Hall–Kier alpha value is -3.34. The van der Waals surface area contributed by atoms with Crippen LogP contribution in [0.4, 0.5) is 8.78 Å². The van der Waals surface area contributed by atoms with Crippen LogP contribution in [-0.2, 0) is 11.2 Å². The number of halogens is 2. The molecule has 0 aliphatic carbocycles. The molecule has 0 aliphatic heterocycles. The molecule has 0 saturated heterocycles. The molecule has 28 heavy (non-hydrogen) atoms. The number of Topliss-reactive ketones (excluding diaryl/α,β-unsaturated/α-hetero) is 1. The molecule has 0 aliphatic rings. The first-order valence-electron chi connectivity index (χ1n) is 8.83. The van der Waals surface area contributed by atoms with Crippen LogP contribution in [0.5, 0.6) is 5.75 Å². The topological polar surface area (TPSA) is 43.4 Å². The molecule has 0 radical (unpaired) electrons. The Morgan fingerprint density at radius 2 is 1.54 bits per heavy atom. The minimum atomic E-state index is -0.938. The first-order valence-corrected chi connectivity index (χ1v) is 8.83. The van der Waals surface area contributed by atoms with Crippen LogP contribution in [0.1, 0.15) is 34.3 Å². The fourth-order valence-corrected chi connectivity index (χ4v) is 2.80. The number of ketones is 1. The van der Waals surface area contributed by atoms with Crippen molar-refractivity contribution in [1.82, 2.24) is 0 Å². The summed E-state index contributed by atoms with van der Waals surface area (Å²) in [5, 5.41) is 0. The fourth-order valence-electron chi connectivity index (χ4n) is 2.80. The second-order valence-corrected chi connectivity index (χ2v) is 6.29. The Morgan fingerprint density at radius 3 is 2.29 bits per heavy atom. The van der Waals surface area contributed by atoms with Gasteiger partial charge in [-0.05, 0) is 29.3 Å². The van der Waals surface area contributed by atoms with E-state index >= 15 is 0 Å². The number of benzene rings is 3. The van der Waals surface area contributed by atoms with Gasteiger partial charge in [0.1, 0.15) is 17.4 Å². The molecule has 0 atom stereocenters. The van der Waals surface area contributed by atoms with E-state index in [1.54, 1.807) is 12.1 Å². The number of hydrogen-bond acceptors (Lipinski definition) is 3. The minimum Gasteiger partial charge on any atom is -0.426 e. The number of hydrogen-bond donors (Lipinski definition) is 0. The van der Waals surface area contributed by atoms with Crippen LogP contribution in [0.25, 0.3) is 0 Å². The molecule has 0 fully saturated rings. The van der Waals surface area contributed by atoms with E-state index in [1.165, 1.54) is 0 Å². The molecular formula is C23H18F2O3. The monoisotopic (exact) mass is 380 g/mol. The van der Waals surface area contributed by atoms with Gasteiger partial charge in [-0.1, -0.05) is 48.5 Å². The maximum Gasteiger partial charge on any atom is 0.311 e. The van der Waals surface area contributed by atoms with E-state index in [0.717, 1.165) is 23.3 Å². The molecular weight excluding hydrogens is 362 g/mol. The number of carbonyl (C=O) groups is 2. The summed E-state index contributed by atoms with van der Waals surface area (Å²) in [6.45, 7) is 0. The van der Waals surface area contributed by atoms with Crippen LogP contribution in [0, 0.1) is 11.6 Å². The zero-order valence-electron chi connectivity index (χ0n) is 15.0. The molecule has 3 rings (SSSR count). The molecule has 0 heterocycles. The summed E-state index contributed by atoms with van der Waals surface area (Å²) in [6.07, 6.45) is 0.182. The van der Waals surface area contributed by atoms with Crippen LogP contribution in [0.2, 0.25) is 0 Å². The standard InChI is InChI=1S/C23H18F2O3/c24-18-10-11-19(20(25)15-18)21(26)12-13-23(27)28-22-9-5-4-8-17(22)14-16-6-2-1-3-7-16/h1-11,15H,12-14H2. The average molecular weight is 380 g/mol. The minimum absolute atomic E-state index is 0.199. The van der Waals surface area contributed by atoms with Crippen LogP contribution in [-0.4, -0.2) is 11.8 Å². The molecule has 3 aromatic rings. The number of rotatable bonds is 7. The van der Waals surface area contributed by atoms with Crippen LogP contribution < -0.4 is 4.74 Å². The number of para-hydroxylation sites is 1. The highest BCUT2D eigenvalue weighted by molar-refractivity contribution is 5.97. The van der Waals surface area contributed by atoms with E-state index in [-0.39, 0.29) is 18.4 Å². The summed E-state index contributed by atoms with van der Waals surface area (Å²) in [6, 6.07) is 19.7. The molecule has 0 unspecified atom stereocenters. The zero-order valence-corrected chi connectivity index (χ0v) is 15.0. The quantitative estimate of drug-likeness (QED) is 0.324. The molecule has 0 amide bonds. The summed E-state index contributed by atoms with van der Waals surface area (Å²) < 4.78 is 32.0. The van der Waals surface area contributed by atoms with Crippen molar-refractivity contribution in [2.45, 2.75) is 19.3 Å². The highest BCUT2D eigenvalue weighted by Gasteiger charge is 2.16. The van der Waals surface area contributed by atoms with Gasteiger partial charge < -0.3 is 4.74 Å². The van der Waals surface area contributed by atoms with Crippen molar-refractivity contribution < 1.29 is 23.1 Å². The van der Waals surface area contributed by atoms with Crippen LogP contribution in [0.15, 0.2) is 72.8 Å². The average Bonchev–Trinajstić information content (AvgIpc) is 2.68. The van der Waals surface area contributed by atoms with Gasteiger partial charge in [-0.25, -0.2) is 8.78 Å². The Balaban J connectivity index is 1.61. The third kappa shape index (κ3) is 5.10. The lowest BCUT2D eigenvalue weighted by atomic mass is 10.0. The van der Waals surface area contributed by atoms with Gasteiger partial charge in [0, 0.05) is 18.9 Å². The van der Waals surface area contributed by atoms with Gasteiger partial charge in [0.2, 0.25) is 0 Å². The van der Waals surface area contributed by atoms with Crippen molar-refractivity contribution in [1.29, 1.82) is 0 Å². The Labute approximate surface area is 161 Å². The first kappa shape index (κ1) is 19.4. The SMILES string of the molecule is O=C(CCC(=O)c1ccc(F)cc1F)Oc1ccccc1Cc1ccccc1. The fraction of sp³-hybridized carbons (Fsp3) is 0.130. The normalized spacial score (nSPS) is 10.5. The molecule has 0 N–H and O–H groups in total. The Bertz CT molecular complexity index is 984. The second-order valence-electron chi connectivity index (χ2n) is 6.29. The summed E-state index contributed by atoms with van der Waals surface area (Å²) in [5.41, 5.74) is 1.68. The van der Waals surface area contributed by atoms with E-state index in [9.17, 15) is 18.4 Å². The maximum atomic E-state index is 13.7. The maximum absolute atomic E-state index is 13.7. The van der Waals surface area contributed by atoms with Crippen molar-refractivity contribution >= 4 is 11.8 Å². The highest BCUT2D eigenvalue weighted by Crippen LogP contribution is 2.22. The lowest BCUT2D eigenvalue weighted by Gasteiger charge is -2.10. The number of carbonyl (C=O) groups excluding carboxylic acids is 2. The van der Waals surface area contributed by atoms with E-state index in [2.05, 4.69) is 0 Å². The molecule has 142 valence electrons. The molecule has 3 aromatic carbocycles. The lowest BCUT2D eigenvalue weighted by Crippen LogP contribution is -2.12. The van der Waals surface area contributed by atoms with Gasteiger partial charge in [-0.15, -0.1) is 0 Å². The second kappa shape index (κ2) is 9.04. The van der Waals surface area contributed by atoms with E-state index in [1.807, 2.05) is 42.5 Å². The van der Waals surface area contributed by atoms with Crippen molar-refractivity contribution in [3.63, 3.8) is 0 Å². The molecule has 0 aromatic heterocycles. The molecule has 0 saturated carbocycles. The summed E-state index contributed by atoms with van der Waals surface area (Å²) in [7, 11) is 0. The van der Waals surface area contributed by atoms with Crippen molar-refractivity contribution in [3.05, 3.63) is 101 Å². The third-order valence-corrected chi connectivity index (χ3v) is 4.22. The first-order chi connectivity index (χ1) is 13.5. The van der Waals surface area contributed by atoms with Gasteiger partial charge in [0.05, 0.1) is 12.0 Å². The van der Waals surface area contributed by atoms with Crippen LogP contribution >= 0.6 is 0 Å². The predicted molar refractivity (Wildman–Crippen MR) is 101 cm³/mol. The third-order valence-electron chi connectivity index (χ3n) is 4.22. The Morgan fingerprint density at radius 1 is 0.821 bits per heavy atom. The molecule has 0 spiro atoms. The van der Waals surface area contributed by atoms with E-state index in [0.29, 0.717) is 18.2 Å². The highest BCUT2D eigenvalue weighted by atomic mass is 19.1. The number of ether oxygens (including phenoxy) is 1. The van der Waals surface area contributed by atoms with Gasteiger partial charge in [-0.2, -0.15) is 0 Å². The number of esters is 1.